The van der Waals surface area contributed by atoms with Crippen molar-refractivity contribution < 1.29 is 5.11 Å². The van der Waals surface area contributed by atoms with Crippen molar-refractivity contribution in [2.24, 2.45) is 5.41 Å². The van der Waals surface area contributed by atoms with Gasteiger partial charge in [-0.3, -0.25) is 0 Å². The van der Waals surface area contributed by atoms with Crippen molar-refractivity contribution in [2.75, 3.05) is 6.54 Å². The van der Waals surface area contributed by atoms with E-state index < -0.39 is 0 Å². The Morgan fingerprint density at radius 3 is 2.75 bits per heavy atom. The third kappa shape index (κ3) is 3.73. The lowest BCUT2D eigenvalue weighted by Crippen LogP contribution is -2.27. The maximum absolute atomic E-state index is 9.24. The lowest BCUT2D eigenvalue weighted by molar-refractivity contribution is 0.444. The fourth-order valence-electron chi connectivity index (χ4n) is 1.22. The molecular weight excluding hydrogens is 224 g/mol. The topological polar surface area (TPSA) is 56.0 Å². The number of phenols is 1. The molecule has 86 valence electrons. The Kier molecular flexibility index (Phi) is 4.17. The summed E-state index contributed by atoms with van der Waals surface area (Å²) in [6.45, 7) is 5.00. The van der Waals surface area contributed by atoms with Gasteiger partial charge in [-0.25, -0.2) is 0 Å². The zero-order valence-electron chi connectivity index (χ0n) is 9.42. The first kappa shape index (κ1) is 12.8. The smallest absolute Gasteiger partial charge is 0.134 e. The fraction of sp³-hybridized carbons (Fsp3) is 0.417. The van der Waals surface area contributed by atoms with E-state index in [0.29, 0.717) is 18.1 Å². The van der Waals surface area contributed by atoms with Crippen LogP contribution in [0.5, 0.6) is 5.75 Å². The van der Waals surface area contributed by atoms with Crippen LogP contribution in [0.1, 0.15) is 19.4 Å². The molecule has 1 rings (SSSR count). The molecule has 0 saturated carbocycles. The first-order valence-electron chi connectivity index (χ1n) is 5.04. The molecule has 0 aliphatic rings. The normalized spacial score (nSPS) is 11.1. The van der Waals surface area contributed by atoms with E-state index in [1.54, 1.807) is 18.2 Å². The summed E-state index contributed by atoms with van der Waals surface area (Å²) < 4.78 is 0. The van der Waals surface area contributed by atoms with Gasteiger partial charge in [-0.2, -0.15) is 5.26 Å². The highest BCUT2D eigenvalue weighted by atomic mass is 35.5. The van der Waals surface area contributed by atoms with Gasteiger partial charge in [0.2, 0.25) is 0 Å². The van der Waals surface area contributed by atoms with Crippen LogP contribution in [0.15, 0.2) is 18.2 Å². The molecule has 0 heterocycles. The van der Waals surface area contributed by atoms with Crippen molar-refractivity contribution in [3.05, 3.63) is 28.8 Å². The zero-order chi connectivity index (χ0) is 12.2. The molecule has 0 unspecified atom stereocenters. The van der Waals surface area contributed by atoms with Crippen LogP contribution in [-0.4, -0.2) is 11.7 Å². The first-order chi connectivity index (χ1) is 7.44. The van der Waals surface area contributed by atoms with Crippen molar-refractivity contribution in [3.63, 3.8) is 0 Å². The number of nitrogens with zero attached hydrogens (tertiary/aromatic N) is 1. The van der Waals surface area contributed by atoms with Gasteiger partial charge in [0.15, 0.2) is 0 Å². The molecule has 1 aromatic carbocycles. The average Bonchev–Trinajstić information content (AvgIpc) is 2.23. The number of rotatable bonds is 4. The summed E-state index contributed by atoms with van der Waals surface area (Å²) in [4.78, 5) is 0. The molecule has 0 spiro atoms. The van der Waals surface area contributed by atoms with E-state index in [2.05, 4.69) is 11.4 Å². The van der Waals surface area contributed by atoms with Gasteiger partial charge >= 0.3 is 0 Å². The number of hydrogen-bond acceptors (Lipinski definition) is 3. The Morgan fingerprint density at radius 2 is 2.19 bits per heavy atom. The Labute approximate surface area is 101 Å². The van der Waals surface area contributed by atoms with Crippen LogP contribution in [0.4, 0.5) is 0 Å². The molecule has 0 aliphatic carbocycles. The molecule has 0 aromatic heterocycles. The number of aromatic hydroxyl groups is 1. The molecule has 0 radical (unpaired) electrons. The average molecular weight is 239 g/mol. The minimum absolute atomic E-state index is 0.0859. The van der Waals surface area contributed by atoms with Gasteiger partial charge in [0.25, 0.3) is 0 Å². The van der Waals surface area contributed by atoms with Gasteiger partial charge in [-0.1, -0.05) is 17.7 Å². The second kappa shape index (κ2) is 5.20. The van der Waals surface area contributed by atoms with Crippen LogP contribution in [0.3, 0.4) is 0 Å². The van der Waals surface area contributed by atoms with Crippen LogP contribution < -0.4 is 5.32 Å². The number of phenolic OH excluding ortho intramolecular Hbond substituents is 1. The van der Waals surface area contributed by atoms with E-state index in [1.807, 2.05) is 13.8 Å². The highest BCUT2D eigenvalue weighted by Gasteiger charge is 2.15. The Morgan fingerprint density at radius 1 is 1.50 bits per heavy atom. The van der Waals surface area contributed by atoms with Gasteiger partial charge in [0.05, 0.1) is 16.5 Å². The van der Waals surface area contributed by atoms with E-state index in [-0.39, 0.29) is 11.2 Å². The maximum atomic E-state index is 9.24. The molecule has 0 saturated heterocycles. The summed E-state index contributed by atoms with van der Waals surface area (Å²) in [5.74, 6) is 0.0859. The van der Waals surface area contributed by atoms with E-state index in [1.165, 1.54) is 0 Å². The van der Waals surface area contributed by atoms with Crippen molar-refractivity contribution in [3.8, 4) is 11.8 Å². The number of halogens is 1. The molecule has 2 N–H and O–H groups in total. The molecule has 4 heteroatoms. The second-order valence-corrected chi connectivity index (χ2v) is 4.79. The molecule has 0 fully saturated rings. The van der Waals surface area contributed by atoms with E-state index >= 15 is 0 Å². The van der Waals surface area contributed by atoms with Crippen LogP contribution in [0.25, 0.3) is 0 Å². The molecule has 0 bridgehead atoms. The summed E-state index contributed by atoms with van der Waals surface area (Å²) in [7, 11) is 0. The highest BCUT2D eigenvalue weighted by molar-refractivity contribution is 6.32. The molecular formula is C12H15ClN2O. The van der Waals surface area contributed by atoms with Gasteiger partial charge < -0.3 is 10.4 Å². The number of hydrogen-bond donors (Lipinski definition) is 2. The van der Waals surface area contributed by atoms with Crippen LogP contribution >= 0.6 is 11.6 Å². The monoisotopic (exact) mass is 238 g/mol. The lowest BCUT2D eigenvalue weighted by Gasteiger charge is -2.15. The quantitative estimate of drug-likeness (QED) is 0.848. The molecule has 1 aromatic rings. The largest absolute Gasteiger partial charge is 0.506 e. The van der Waals surface area contributed by atoms with Gasteiger partial charge in [0, 0.05) is 13.1 Å². The second-order valence-electron chi connectivity index (χ2n) is 4.39. The van der Waals surface area contributed by atoms with Crippen LogP contribution in [0, 0.1) is 16.7 Å². The zero-order valence-corrected chi connectivity index (χ0v) is 10.2. The minimum atomic E-state index is -0.374. The molecule has 3 nitrogen and oxygen atoms in total. The summed E-state index contributed by atoms with van der Waals surface area (Å²) in [5, 5.41) is 21.6. The van der Waals surface area contributed by atoms with Gasteiger partial charge in [-0.15, -0.1) is 0 Å². The van der Waals surface area contributed by atoms with Gasteiger partial charge in [-0.05, 0) is 31.5 Å². The predicted octanol–water partition coefficient (Wildman–Crippen LogP) is 2.68. The predicted molar refractivity (Wildman–Crippen MR) is 64.2 cm³/mol. The minimum Gasteiger partial charge on any atom is -0.506 e. The Bertz CT molecular complexity index is 410. The van der Waals surface area contributed by atoms with E-state index in [0.717, 1.165) is 5.56 Å². The van der Waals surface area contributed by atoms with Crippen LogP contribution in [0.2, 0.25) is 5.02 Å². The third-order valence-electron chi connectivity index (χ3n) is 2.21. The van der Waals surface area contributed by atoms with E-state index in [4.69, 9.17) is 16.9 Å². The van der Waals surface area contributed by atoms with E-state index in [9.17, 15) is 5.11 Å². The number of benzene rings is 1. The summed E-state index contributed by atoms with van der Waals surface area (Å²) in [5.41, 5.74) is 0.609. The third-order valence-corrected chi connectivity index (χ3v) is 2.51. The van der Waals surface area contributed by atoms with Crippen LogP contribution in [-0.2, 0) is 6.54 Å². The molecule has 0 aliphatic heterocycles. The Hall–Kier alpha value is -1.24. The SMILES string of the molecule is CC(C)(C#N)CNCc1ccc(O)c(Cl)c1. The Balaban J connectivity index is 2.50. The van der Waals surface area contributed by atoms with Gasteiger partial charge in [0.1, 0.15) is 5.75 Å². The lowest BCUT2D eigenvalue weighted by atomic mass is 9.96. The molecule has 0 amide bonds. The summed E-state index contributed by atoms with van der Waals surface area (Å²) in [6, 6.07) is 7.29. The highest BCUT2D eigenvalue weighted by Crippen LogP contribution is 2.23. The number of nitriles is 1. The molecule has 16 heavy (non-hydrogen) atoms. The summed E-state index contributed by atoms with van der Waals surface area (Å²) in [6.07, 6.45) is 0. The van der Waals surface area contributed by atoms with Crippen molar-refractivity contribution in [2.45, 2.75) is 20.4 Å². The molecule has 0 atom stereocenters. The first-order valence-corrected chi connectivity index (χ1v) is 5.42. The standard InChI is InChI=1S/C12H15ClN2O/c1-12(2,7-14)8-15-6-9-3-4-11(16)10(13)5-9/h3-5,15-16H,6,8H2,1-2H3. The van der Waals surface area contributed by atoms with Crippen molar-refractivity contribution >= 4 is 11.6 Å². The fourth-order valence-corrected chi connectivity index (χ4v) is 1.42. The van der Waals surface area contributed by atoms with Crippen molar-refractivity contribution in [1.82, 2.24) is 5.32 Å². The van der Waals surface area contributed by atoms with Crippen molar-refractivity contribution in [1.29, 1.82) is 5.26 Å². The summed E-state index contributed by atoms with van der Waals surface area (Å²) >= 11 is 5.78. The number of nitrogens with one attached hydrogen (secondary N) is 1. The maximum Gasteiger partial charge on any atom is 0.134 e.